The molecule has 1 aliphatic heterocycles. The molecule has 3 saturated carbocycles. The number of cyclic esters (lactones) is 1. The lowest BCUT2D eigenvalue weighted by Gasteiger charge is -2.44. The fourth-order valence-corrected chi connectivity index (χ4v) is 6.98. The van der Waals surface area contributed by atoms with Crippen molar-refractivity contribution in [3.05, 3.63) is 59.8 Å². The minimum absolute atomic E-state index is 0.145. The lowest BCUT2D eigenvalue weighted by Crippen LogP contribution is -2.35. The molecule has 1 saturated heterocycles. The highest BCUT2D eigenvalue weighted by atomic mass is 16.5. The minimum Gasteiger partial charge on any atom is -0.454 e. The molecule has 7 atom stereocenters. The summed E-state index contributed by atoms with van der Waals surface area (Å²) < 4.78 is 5.32. The summed E-state index contributed by atoms with van der Waals surface area (Å²) in [7, 11) is 0. The van der Waals surface area contributed by atoms with Crippen LogP contribution in [-0.4, -0.2) is 34.5 Å². The van der Waals surface area contributed by atoms with Gasteiger partial charge in [-0.2, -0.15) is 0 Å². The Morgan fingerprint density at radius 2 is 2.00 bits per heavy atom. The van der Waals surface area contributed by atoms with Gasteiger partial charge in [0.1, 0.15) is 6.10 Å². The SMILES string of the molecule is C=C1CC(C=CC[C@@H](C)[C@H]2CC[C@H]3C(=CC=C4C[C@@H](O)C[C@H](O)C4=C)CCC[C@]23C)OC1=O. The second-order valence-corrected chi connectivity index (χ2v) is 11.1. The second kappa shape index (κ2) is 9.76. The molecular weight excluding hydrogens is 412 g/mol. The van der Waals surface area contributed by atoms with Gasteiger partial charge in [0.05, 0.1) is 12.2 Å². The zero-order valence-electron chi connectivity index (χ0n) is 20.3. The first-order chi connectivity index (χ1) is 15.7. The highest BCUT2D eigenvalue weighted by molar-refractivity contribution is 5.90. The first kappa shape index (κ1) is 24.2. The number of carbonyl (C=O) groups is 1. The number of aliphatic hydroxyl groups excluding tert-OH is 2. The van der Waals surface area contributed by atoms with Gasteiger partial charge in [-0.3, -0.25) is 0 Å². The number of hydrogen-bond acceptors (Lipinski definition) is 4. The summed E-state index contributed by atoms with van der Waals surface area (Å²) in [6.45, 7) is 12.7. The van der Waals surface area contributed by atoms with Crippen molar-refractivity contribution >= 4 is 5.97 Å². The number of ether oxygens (including phenoxy) is 1. The number of esters is 1. The van der Waals surface area contributed by atoms with E-state index < -0.39 is 12.2 Å². The zero-order valence-corrected chi connectivity index (χ0v) is 20.3. The number of fused-ring (bicyclic) bond motifs is 1. The molecule has 180 valence electrons. The molecule has 1 unspecified atom stereocenters. The van der Waals surface area contributed by atoms with Crippen LogP contribution in [0.3, 0.4) is 0 Å². The van der Waals surface area contributed by atoms with Crippen LogP contribution in [0.5, 0.6) is 0 Å². The van der Waals surface area contributed by atoms with Crippen LogP contribution in [0.1, 0.15) is 71.6 Å². The van der Waals surface area contributed by atoms with E-state index in [4.69, 9.17) is 4.74 Å². The molecule has 4 fully saturated rings. The molecule has 4 heteroatoms. The Morgan fingerprint density at radius 3 is 2.73 bits per heavy atom. The molecule has 3 aliphatic carbocycles. The molecule has 0 amide bonds. The maximum atomic E-state index is 11.5. The molecule has 0 spiro atoms. The number of rotatable bonds is 5. The number of hydrogen-bond donors (Lipinski definition) is 2. The molecule has 0 aromatic rings. The van der Waals surface area contributed by atoms with Crippen molar-refractivity contribution < 1.29 is 19.7 Å². The maximum Gasteiger partial charge on any atom is 0.334 e. The lowest BCUT2D eigenvalue weighted by molar-refractivity contribution is -0.137. The van der Waals surface area contributed by atoms with E-state index in [0.717, 1.165) is 24.0 Å². The Balaban J connectivity index is 1.42. The van der Waals surface area contributed by atoms with E-state index in [1.165, 1.54) is 31.3 Å². The average molecular weight is 453 g/mol. The maximum absolute atomic E-state index is 11.5. The van der Waals surface area contributed by atoms with Gasteiger partial charge in [0.25, 0.3) is 0 Å². The molecule has 33 heavy (non-hydrogen) atoms. The monoisotopic (exact) mass is 452 g/mol. The molecule has 0 aromatic heterocycles. The molecule has 0 radical (unpaired) electrons. The number of carbonyl (C=O) groups excluding carboxylic acids is 1. The van der Waals surface area contributed by atoms with Crippen molar-refractivity contribution in [1.82, 2.24) is 0 Å². The third kappa shape index (κ3) is 4.97. The third-order valence-corrected chi connectivity index (χ3v) is 8.84. The van der Waals surface area contributed by atoms with Crippen LogP contribution in [0.4, 0.5) is 0 Å². The zero-order chi connectivity index (χ0) is 23.8. The Hall–Kier alpha value is -1.91. The summed E-state index contributed by atoms with van der Waals surface area (Å²) in [5.74, 6) is 1.60. The molecule has 4 nitrogen and oxygen atoms in total. The average Bonchev–Trinajstić information content (AvgIpc) is 3.28. The van der Waals surface area contributed by atoms with E-state index >= 15 is 0 Å². The van der Waals surface area contributed by atoms with Crippen molar-refractivity contribution in [1.29, 1.82) is 0 Å². The highest BCUT2D eigenvalue weighted by Crippen LogP contribution is 2.59. The number of aliphatic hydroxyl groups is 2. The Bertz CT molecular complexity index is 877. The van der Waals surface area contributed by atoms with E-state index in [-0.39, 0.29) is 12.1 Å². The van der Waals surface area contributed by atoms with Gasteiger partial charge in [0, 0.05) is 18.4 Å². The van der Waals surface area contributed by atoms with Gasteiger partial charge in [-0.05, 0) is 85.3 Å². The predicted octanol–water partition coefficient (Wildman–Crippen LogP) is 5.58. The van der Waals surface area contributed by atoms with Gasteiger partial charge in [-0.25, -0.2) is 4.79 Å². The largest absolute Gasteiger partial charge is 0.454 e. The van der Waals surface area contributed by atoms with Gasteiger partial charge in [0.15, 0.2) is 0 Å². The fourth-order valence-electron chi connectivity index (χ4n) is 6.98. The molecule has 0 aromatic carbocycles. The summed E-state index contributed by atoms with van der Waals surface area (Å²) in [6, 6.07) is 0. The van der Waals surface area contributed by atoms with Crippen LogP contribution in [0.2, 0.25) is 0 Å². The molecule has 4 aliphatic rings. The highest BCUT2D eigenvalue weighted by Gasteiger charge is 2.50. The summed E-state index contributed by atoms with van der Waals surface area (Å²) in [5.41, 5.74) is 4.16. The van der Waals surface area contributed by atoms with Crippen molar-refractivity contribution in [2.24, 2.45) is 23.2 Å². The fraction of sp³-hybridized carbons (Fsp3) is 0.621. The Labute approximate surface area is 198 Å². The molecule has 0 bridgehead atoms. The van der Waals surface area contributed by atoms with Gasteiger partial charge in [0.2, 0.25) is 0 Å². The van der Waals surface area contributed by atoms with Crippen LogP contribution in [0, 0.1) is 23.2 Å². The van der Waals surface area contributed by atoms with Gasteiger partial charge < -0.3 is 14.9 Å². The summed E-state index contributed by atoms with van der Waals surface area (Å²) in [5, 5.41) is 20.2. The number of allylic oxidation sites excluding steroid dienone is 4. The summed E-state index contributed by atoms with van der Waals surface area (Å²) >= 11 is 0. The van der Waals surface area contributed by atoms with Crippen LogP contribution in [-0.2, 0) is 9.53 Å². The summed E-state index contributed by atoms with van der Waals surface area (Å²) in [6.07, 6.45) is 16.1. The summed E-state index contributed by atoms with van der Waals surface area (Å²) in [4.78, 5) is 11.5. The smallest absolute Gasteiger partial charge is 0.334 e. The first-order valence-electron chi connectivity index (χ1n) is 12.7. The third-order valence-electron chi connectivity index (χ3n) is 8.84. The Kier molecular flexibility index (Phi) is 7.16. The van der Waals surface area contributed by atoms with Gasteiger partial charge in [-0.1, -0.05) is 50.8 Å². The van der Waals surface area contributed by atoms with Gasteiger partial charge >= 0.3 is 5.97 Å². The Morgan fingerprint density at radius 1 is 1.21 bits per heavy atom. The van der Waals surface area contributed by atoms with Crippen molar-refractivity contribution in [2.75, 3.05) is 0 Å². The lowest BCUT2D eigenvalue weighted by atomic mass is 9.61. The first-order valence-corrected chi connectivity index (χ1v) is 12.7. The van der Waals surface area contributed by atoms with E-state index in [2.05, 4.69) is 45.2 Å². The van der Waals surface area contributed by atoms with E-state index in [9.17, 15) is 15.0 Å². The minimum atomic E-state index is -0.634. The van der Waals surface area contributed by atoms with E-state index in [0.29, 0.717) is 48.0 Å². The quantitative estimate of drug-likeness (QED) is 0.325. The normalized spacial score (nSPS) is 40.6. The van der Waals surface area contributed by atoms with Gasteiger partial charge in [-0.15, -0.1) is 0 Å². The van der Waals surface area contributed by atoms with Crippen molar-refractivity contribution in [2.45, 2.75) is 89.9 Å². The van der Waals surface area contributed by atoms with E-state index in [1.54, 1.807) is 0 Å². The van der Waals surface area contributed by atoms with Crippen LogP contribution in [0.25, 0.3) is 0 Å². The van der Waals surface area contributed by atoms with Crippen LogP contribution < -0.4 is 0 Å². The van der Waals surface area contributed by atoms with Crippen LogP contribution in [0.15, 0.2) is 59.8 Å². The molecule has 4 rings (SSSR count). The molecular formula is C29H40O4. The van der Waals surface area contributed by atoms with Crippen molar-refractivity contribution in [3.8, 4) is 0 Å². The second-order valence-electron chi connectivity index (χ2n) is 11.1. The topological polar surface area (TPSA) is 66.8 Å². The van der Waals surface area contributed by atoms with E-state index in [1.807, 2.05) is 6.08 Å². The standard InChI is InChI=1S/C29H40O4/c1-18(7-5-9-24-15-19(2)28(32)33-24)25-12-13-26-21(8-6-14-29(25,26)4)10-11-22-16-23(30)17-27(31)20(22)3/h5,9-11,18,23-27,30-31H,2-3,6-8,12-17H2,1,4H3/t18-,23-,24?,25-,26+,27+,29-/m1/s1. The molecule has 1 heterocycles. The van der Waals surface area contributed by atoms with Crippen LogP contribution >= 0.6 is 0 Å². The molecule has 2 N–H and O–H groups in total. The van der Waals surface area contributed by atoms with Crippen molar-refractivity contribution in [3.63, 3.8) is 0 Å². The predicted molar refractivity (Wildman–Crippen MR) is 131 cm³/mol.